The van der Waals surface area contributed by atoms with Crippen LogP contribution in [0.4, 0.5) is 0 Å². The van der Waals surface area contributed by atoms with Crippen molar-refractivity contribution in [3.05, 3.63) is 104 Å². The van der Waals surface area contributed by atoms with Crippen molar-refractivity contribution in [1.82, 2.24) is 5.01 Å². The third kappa shape index (κ3) is 4.99. The molecular weight excluding hydrogens is 527 g/mol. The van der Waals surface area contributed by atoms with Crippen LogP contribution in [0.1, 0.15) is 16.7 Å². The number of aliphatic imine (C=N–C) groups is 1. The predicted molar refractivity (Wildman–Crippen MR) is 143 cm³/mol. The molecule has 0 bridgehead atoms. The van der Waals surface area contributed by atoms with Gasteiger partial charge in [0, 0.05) is 21.2 Å². The van der Waals surface area contributed by atoms with Crippen molar-refractivity contribution in [3.63, 3.8) is 0 Å². The number of benzene rings is 3. The van der Waals surface area contributed by atoms with Crippen LogP contribution in [0.2, 0.25) is 15.1 Å². The largest absolute Gasteiger partial charge is 0.489 e. The Balaban J connectivity index is 1.37. The Kier molecular flexibility index (Phi) is 6.67. The number of hydrogen-bond acceptors (Lipinski definition) is 5. The van der Waals surface area contributed by atoms with E-state index in [1.54, 1.807) is 48.5 Å². The number of fused-ring (bicyclic) bond motifs is 1. The van der Waals surface area contributed by atoms with E-state index in [2.05, 4.69) is 10.1 Å². The zero-order valence-corrected chi connectivity index (χ0v) is 20.9. The van der Waals surface area contributed by atoms with Gasteiger partial charge in [0.25, 0.3) is 5.91 Å². The summed E-state index contributed by atoms with van der Waals surface area (Å²) in [5, 5.41) is 16.9. The van der Waals surface area contributed by atoms with Gasteiger partial charge in [0.15, 0.2) is 5.84 Å². The Labute approximate surface area is 220 Å². The molecule has 6 nitrogen and oxygen atoms in total. The maximum absolute atomic E-state index is 12.8. The molecule has 3 aromatic rings. The van der Waals surface area contributed by atoms with Gasteiger partial charge in [-0.3, -0.25) is 10.2 Å². The fraction of sp³-hybridized carbons (Fsp3) is 0.0400. The number of nitrogens with one attached hydrogen (secondary N) is 1. The van der Waals surface area contributed by atoms with E-state index in [4.69, 9.17) is 44.9 Å². The Morgan fingerprint density at radius 1 is 1.00 bits per heavy atom. The quantitative estimate of drug-likeness (QED) is 0.357. The van der Waals surface area contributed by atoms with Gasteiger partial charge >= 0.3 is 0 Å². The van der Waals surface area contributed by atoms with Gasteiger partial charge in [-0.05, 0) is 53.7 Å². The number of hydrazone groups is 1. The first kappa shape index (κ1) is 23.6. The first-order chi connectivity index (χ1) is 16.9. The molecule has 0 unspecified atom stereocenters. The first-order valence-electron chi connectivity index (χ1n) is 10.3. The predicted octanol–water partition coefficient (Wildman–Crippen LogP) is 6.89. The van der Waals surface area contributed by atoms with E-state index in [-0.39, 0.29) is 18.0 Å². The molecule has 1 N–H and O–H groups in total. The summed E-state index contributed by atoms with van der Waals surface area (Å²) in [5.41, 5.74) is 2.31. The van der Waals surface area contributed by atoms with Crippen LogP contribution >= 0.6 is 46.6 Å². The molecule has 2 aliphatic heterocycles. The highest BCUT2D eigenvalue weighted by Gasteiger charge is 2.36. The van der Waals surface area contributed by atoms with Crippen molar-refractivity contribution >= 4 is 74.6 Å². The van der Waals surface area contributed by atoms with Crippen LogP contribution in [0.5, 0.6) is 5.75 Å². The molecule has 0 fully saturated rings. The number of nitrogens with zero attached hydrogens (tertiary/aromatic N) is 3. The Morgan fingerprint density at radius 2 is 1.83 bits per heavy atom. The van der Waals surface area contributed by atoms with E-state index < -0.39 is 5.91 Å². The molecule has 0 atom stereocenters. The van der Waals surface area contributed by atoms with E-state index >= 15 is 0 Å². The topological polar surface area (TPSA) is 78.1 Å². The van der Waals surface area contributed by atoms with E-state index in [0.717, 1.165) is 5.56 Å². The highest BCUT2D eigenvalue weighted by atomic mass is 35.5. The number of carbonyl (C=O) groups excluding carboxylic acids is 1. The van der Waals surface area contributed by atoms with Crippen LogP contribution in [-0.4, -0.2) is 27.0 Å². The highest BCUT2D eigenvalue weighted by molar-refractivity contribution is 8.27. The van der Waals surface area contributed by atoms with Gasteiger partial charge < -0.3 is 4.74 Å². The molecular formula is C25H15Cl3N4O2S. The van der Waals surface area contributed by atoms with Gasteiger partial charge in [-0.25, -0.2) is 0 Å². The maximum Gasteiger partial charge on any atom is 0.283 e. The molecule has 0 spiro atoms. The number of ether oxygens (including phenoxy) is 1. The molecule has 2 aliphatic rings. The van der Waals surface area contributed by atoms with Crippen LogP contribution in [0, 0.1) is 5.41 Å². The van der Waals surface area contributed by atoms with Crippen molar-refractivity contribution in [2.75, 3.05) is 0 Å². The summed E-state index contributed by atoms with van der Waals surface area (Å²) in [6.45, 7) is 0.253. The third-order valence-corrected chi connectivity index (χ3v) is 7.00. The summed E-state index contributed by atoms with van der Waals surface area (Å²) in [7, 11) is 0. The summed E-state index contributed by atoms with van der Waals surface area (Å²) in [6, 6.07) is 19.7. The molecule has 174 valence electrons. The Morgan fingerprint density at radius 3 is 2.63 bits per heavy atom. The minimum atomic E-state index is -0.511. The molecule has 35 heavy (non-hydrogen) atoms. The normalized spacial score (nSPS) is 16.3. The molecule has 10 heteroatoms. The molecule has 2 heterocycles. The van der Waals surface area contributed by atoms with Gasteiger partial charge in [0.2, 0.25) is 5.17 Å². The Hall–Kier alpha value is -3.10. The molecule has 5 rings (SSSR count). The summed E-state index contributed by atoms with van der Waals surface area (Å²) in [6.07, 6.45) is 1.60. The lowest BCUT2D eigenvalue weighted by atomic mass is 10.1. The van der Waals surface area contributed by atoms with Crippen LogP contribution in [0.25, 0.3) is 6.08 Å². The van der Waals surface area contributed by atoms with E-state index in [9.17, 15) is 4.79 Å². The maximum atomic E-state index is 12.8. The smallest absolute Gasteiger partial charge is 0.283 e. The lowest BCUT2D eigenvalue weighted by Gasteiger charge is -2.20. The van der Waals surface area contributed by atoms with Crippen LogP contribution in [0.3, 0.4) is 0 Å². The fourth-order valence-corrected chi connectivity index (χ4v) is 5.07. The summed E-state index contributed by atoms with van der Waals surface area (Å²) < 4.78 is 5.87. The molecule has 1 amide bonds. The zero-order chi connectivity index (χ0) is 24.5. The van der Waals surface area contributed by atoms with E-state index in [1.165, 1.54) is 16.8 Å². The lowest BCUT2D eigenvalue weighted by Crippen LogP contribution is -2.35. The average Bonchev–Trinajstić information content (AvgIpc) is 3.25. The number of carbonyl (C=O) groups is 1. The number of hydrogen-bond donors (Lipinski definition) is 1. The van der Waals surface area contributed by atoms with E-state index in [1.807, 2.05) is 24.3 Å². The number of thioether (sulfide) groups is 1. The minimum Gasteiger partial charge on any atom is -0.489 e. The average molecular weight is 542 g/mol. The van der Waals surface area contributed by atoms with Crippen LogP contribution in [-0.2, 0) is 11.4 Å². The molecule has 3 aromatic carbocycles. The first-order valence-corrected chi connectivity index (χ1v) is 12.3. The van der Waals surface area contributed by atoms with Gasteiger partial charge in [-0.1, -0.05) is 71.2 Å². The second kappa shape index (κ2) is 9.87. The molecule has 0 aromatic heterocycles. The fourth-order valence-electron chi connectivity index (χ4n) is 3.40. The number of amides is 1. The monoisotopic (exact) mass is 540 g/mol. The third-order valence-electron chi connectivity index (χ3n) is 5.14. The number of amidine groups is 2. The lowest BCUT2D eigenvalue weighted by molar-refractivity contribution is -0.114. The van der Waals surface area contributed by atoms with Crippen LogP contribution in [0.15, 0.2) is 82.4 Å². The van der Waals surface area contributed by atoms with Crippen LogP contribution < -0.4 is 4.74 Å². The molecule has 0 aliphatic carbocycles. The molecule has 0 radical (unpaired) electrons. The summed E-state index contributed by atoms with van der Waals surface area (Å²) in [5.74, 6) is 0.0116. The highest BCUT2D eigenvalue weighted by Crippen LogP contribution is 2.33. The van der Waals surface area contributed by atoms with Crippen molar-refractivity contribution in [3.8, 4) is 5.75 Å². The van der Waals surface area contributed by atoms with Crippen molar-refractivity contribution < 1.29 is 9.53 Å². The second-order valence-corrected chi connectivity index (χ2v) is 9.71. The second-order valence-electron chi connectivity index (χ2n) is 7.50. The number of rotatable bonds is 5. The van der Waals surface area contributed by atoms with Gasteiger partial charge in [-0.15, -0.1) is 0 Å². The summed E-state index contributed by atoms with van der Waals surface area (Å²) in [4.78, 5) is 16.9. The standard InChI is InChI=1S/C25H15Cl3N4O2S/c26-16-9-8-15(21(28)12-16)13-34-17-5-3-4-14(10-17)11-19-22(29)32-25(30-23(19)33)35-24(31-32)18-6-1-2-7-20(18)27/h1-12,29H,13H2/b19-11-,29-22?. The van der Waals surface area contributed by atoms with Crippen molar-refractivity contribution in [2.24, 2.45) is 10.1 Å². The Bertz CT molecular complexity index is 1470. The molecule has 0 saturated heterocycles. The summed E-state index contributed by atoms with van der Waals surface area (Å²) >= 11 is 19.7. The van der Waals surface area contributed by atoms with E-state index in [0.29, 0.717) is 42.2 Å². The minimum absolute atomic E-state index is 0.0613. The van der Waals surface area contributed by atoms with Crippen molar-refractivity contribution in [2.45, 2.75) is 6.61 Å². The zero-order valence-electron chi connectivity index (χ0n) is 17.8. The van der Waals surface area contributed by atoms with Gasteiger partial charge in [-0.2, -0.15) is 15.1 Å². The SMILES string of the molecule is N=C1/C(=C/c2cccc(OCc3ccc(Cl)cc3Cl)c2)C(=O)N=C2SC(c3ccccc3Cl)=NN12. The molecule has 0 saturated carbocycles. The van der Waals surface area contributed by atoms with Gasteiger partial charge in [0.05, 0.1) is 10.6 Å². The van der Waals surface area contributed by atoms with Crippen molar-refractivity contribution in [1.29, 1.82) is 5.41 Å². The van der Waals surface area contributed by atoms with Gasteiger partial charge in [0.1, 0.15) is 17.4 Å². The number of halogens is 3.